The summed E-state index contributed by atoms with van der Waals surface area (Å²) in [6, 6.07) is 7.62. The maximum absolute atomic E-state index is 11.5. The van der Waals surface area contributed by atoms with Gasteiger partial charge < -0.3 is 5.11 Å². The third kappa shape index (κ3) is 3.30. The molecule has 1 atom stereocenters. The van der Waals surface area contributed by atoms with Crippen LogP contribution in [0, 0.1) is 12.8 Å². The molecule has 94 valence electrons. The summed E-state index contributed by atoms with van der Waals surface area (Å²) in [5, 5.41) is 12.5. The molecule has 0 aliphatic heterocycles. The fraction of sp³-hybridized carbons (Fsp3) is 0.500. The molecule has 1 aromatic carbocycles. The van der Waals surface area contributed by atoms with Gasteiger partial charge in [-0.1, -0.05) is 43.7 Å². The number of nitrogens with one attached hydrogen (secondary N) is 1. The van der Waals surface area contributed by atoms with Crippen molar-refractivity contribution in [2.45, 2.75) is 33.2 Å². The van der Waals surface area contributed by atoms with Gasteiger partial charge in [-0.3, -0.25) is 5.32 Å². The van der Waals surface area contributed by atoms with Gasteiger partial charge in [-0.2, -0.15) is 0 Å². The van der Waals surface area contributed by atoms with E-state index in [9.17, 15) is 9.90 Å². The minimum atomic E-state index is -1.02. The molecule has 0 fully saturated rings. The van der Waals surface area contributed by atoms with E-state index >= 15 is 0 Å². The Labute approximate surface area is 103 Å². The first-order valence-corrected chi connectivity index (χ1v) is 5.92. The molecule has 0 amide bonds. The van der Waals surface area contributed by atoms with E-state index in [1.807, 2.05) is 31.2 Å². The highest BCUT2D eigenvalue weighted by Gasteiger charge is 2.34. The number of benzene rings is 1. The Kier molecular flexibility index (Phi) is 4.29. The second-order valence-electron chi connectivity index (χ2n) is 5.07. The van der Waals surface area contributed by atoms with Crippen LogP contribution in [0.25, 0.3) is 0 Å². The number of rotatable bonds is 5. The summed E-state index contributed by atoms with van der Waals surface area (Å²) >= 11 is 0. The highest BCUT2D eigenvalue weighted by Crippen LogP contribution is 2.21. The average molecular weight is 235 g/mol. The van der Waals surface area contributed by atoms with Gasteiger partial charge in [0.2, 0.25) is 0 Å². The molecular weight excluding hydrogens is 214 g/mol. The molecule has 0 aliphatic rings. The first kappa shape index (κ1) is 13.7. The van der Waals surface area contributed by atoms with Gasteiger partial charge in [0.25, 0.3) is 0 Å². The molecule has 0 spiro atoms. The van der Waals surface area contributed by atoms with Crippen LogP contribution in [0.5, 0.6) is 0 Å². The third-order valence-electron chi connectivity index (χ3n) is 2.92. The molecule has 0 bridgehead atoms. The van der Waals surface area contributed by atoms with Crippen LogP contribution in [0.4, 0.5) is 0 Å². The van der Waals surface area contributed by atoms with Crippen LogP contribution in [-0.4, -0.2) is 17.6 Å². The maximum Gasteiger partial charge on any atom is 0.328 e. The highest BCUT2D eigenvalue weighted by atomic mass is 16.4. The van der Waals surface area contributed by atoms with E-state index in [-0.39, 0.29) is 0 Å². The average Bonchev–Trinajstić information content (AvgIpc) is 2.26. The van der Waals surface area contributed by atoms with Crippen LogP contribution in [0.15, 0.2) is 24.3 Å². The van der Waals surface area contributed by atoms with Gasteiger partial charge in [-0.25, -0.2) is 4.79 Å². The Balaban J connectivity index is 2.98. The van der Waals surface area contributed by atoms with E-state index in [0.29, 0.717) is 12.5 Å². The monoisotopic (exact) mass is 235 g/mol. The Bertz CT molecular complexity index is 384. The SMILES string of the molecule is Cc1ccc(C(C)(NCC(C)C)C(=O)O)cc1. The number of carbonyl (C=O) groups is 1. The van der Waals surface area contributed by atoms with Crippen molar-refractivity contribution >= 4 is 5.97 Å². The molecule has 3 heteroatoms. The van der Waals surface area contributed by atoms with Gasteiger partial charge in [0, 0.05) is 0 Å². The van der Waals surface area contributed by atoms with Crippen LogP contribution in [-0.2, 0) is 10.3 Å². The largest absolute Gasteiger partial charge is 0.480 e. The summed E-state index contributed by atoms with van der Waals surface area (Å²) in [6.07, 6.45) is 0. The Morgan fingerprint density at radius 2 is 1.88 bits per heavy atom. The molecule has 0 heterocycles. The normalized spacial score (nSPS) is 14.6. The highest BCUT2D eigenvalue weighted by molar-refractivity contribution is 5.80. The molecule has 2 N–H and O–H groups in total. The number of carboxylic acids is 1. The van der Waals surface area contributed by atoms with Crippen molar-refractivity contribution in [3.63, 3.8) is 0 Å². The fourth-order valence-corrected chi connectivity index (χ4v) is 1.60. The van der Waals surface area contributed by atoms with E-state index < -0.39 is 11.5 Å². The van der Waals surface area contributed by atoms with Crippen molar-refractivity contribution in [2.24, 2.45) is 5.92 Å². The molecule has 0 saturated heterocycles. The molecular formula is C14H21NO2. The number of aryl methyl sites for hydroxylation is 1. The van der Waals surface area contributed by atoms with Gasteiger partial charge in [0.05, 0.1) is 0 Å². The molecule has 0 saturated carbocycles. The summed E-state index contributed by atoms with van der Waals surface area (Å²) in [5.74, 6) is -0.430. The third-order valence-corrected chi connectivity index (χ3v) is 2.92. The zero-order valence-electron chi connectivity index (χ0n) is 10.9. The minimum Gasteiger partial charge on any atom is -0.480 e. The molecule has 3 nitrogen and oxygen atoms in total. The zero-order valence-corrected chi connectivity index (χ0v) is 10.9. The van der Waals surface area contributed by atoms with Crippen LogP contribution in [0.2, 0.25) is 0 Å². The second kappa shape index (κ2) is 5.32. The molecule has 1 rings (SSSR count). The summed E-state index contributed by atoms with van der Waals surface area (Å²) in [4.78, 5) is 11.5. The smallest absolute Gasteiger partial charge is 0.328 e. The van der Waals surface area contributed by atoms with Crippen LogP contribution >= 0.6 is 0 Å². The second-order valence-corrected chi connectivity index (χ2v) is 5.07. The van der Waals surface area contributed by atoms with Crippen molar-refractivity contribution in [3.05, 3.63) is 35.4 Å². The van der Waals surface area contributed by atoms with Crippen molar-refractivity contribution in [1.82, 2.24) is 5.32 Å². The Morgan fingerprint density at radius 3 is 2.29 bits per heavy atom. The van der Waals surface area contributed by atoms with Gasteiger partial charge >= 0.3 is 5.97 Å². The Morgan fingerprint density at radius 1 is 1.35 bits per heavy atom. The maximum atomic E-state index is 11.5. The molecule has 0 aliphatic carbocycles. The summed E-state index contributed by atoms with van der Waals surface area (Å²) < 4.78 is 0. The minimum absolute atomic E-state index is 0.416. The van der Waals surface area contributed by atoms with E-state index in [4.69, 9.17) is 0 Å². The van der Waals surface area contributed by atoms with E-state index in [2.05, 4.69) is 19.2 Å². The van der Waals surface area contributed by atoms with Gasteiger partial charge in [-0.15, -0.1) is 0 Å². The number of carboxylic acid groups (broad SMARTS) is 1. The lowest BCUT2D eigenvalue weighted by Crippen LogP contribution is -2.48. The lowest BCUT2D eigenvalue weighted by atomic mass is 9.91. The molecule has 1 aromatic rings. The van der Waals surface area contributed by atoms with Crippen molar-refractivity contribution in [1.29, 1.82) is 0 Å². The number of hydrogen-bond donors (Lipinski definition) is 2. The van der Waals surface area contributed by atoms with Crippen molar-refractivity contribution < 1.29 is 9.90 Å². The molecule has 0 radical (unpaired) electrons. The van der Waals surface area contributed by atoms with Crippen molar-refractivity contribution in [2.75, 3.05) is 6.54 Å². The van der Waals surface area contributed by atoms with E-state index in [1.165, 1.54) is 0 Å². The van der Waals surface area contributed by atoms with Crippen LogP contribution in [0.1, 0.15) is 31.9 Å². The zero-order chi connectivity index (χ0) is 13.1. The summed E-state index contributed by atoms with van der Waals surface area (Å²) in [7, 11) is 0. The van der Waals surface area contributed by atoms with Gasteiger partial charge in [0.1, 0.15) is 5.54 Å². The predicted molar refractivity (Wildman–Crippen MR) is 69.0 cm³/mol. The quantitative estimate of drug-likeness (QED) is 0.824. The first-order chi connectivity index (χ1) is 7.86. The first-order valence-electron chi connectivity index (χ1n) is 5.92. The number of aliphatic carboxylic acids is 1. The summed E-state index contributed by atoms with van der Waals surface area (Å²) in [5.41, 5.74) is 0.902. The number of hydrogen-bond acceptors (Lipinski definition) is 2. The predicted octanol–water partition coefficient (Wildman–Crippen LogP) is 2.54. The molecule has 1 unspecified atom stereocenters. The molecule has 17 heavy (non-hydrogen) atoms. The van der Waals surface area contributed by atoms with Gasteiger partial charge in [-0.05, 0) is 31.9 Å². The topological polar surface area (TPSA) is 49.3 Å². The molecule has 0 aromatic heterocycles. The lowest BCUT2D eigenvalue weighted by molar-refractivity contribution is -0.144. The van der Waals surface area contributed by atoms with Crippen LogP contribution in [0.3, 0.4) is 0 Å². The standard InChI is InChI=1S/C14H21NO2/c1-10(2)9-15-14(4,13(16)17)12-7-5-11(3)6-8-12/h5-8,10,15H,9H2,1-4H3,(H,16,17). The van der Waals surface area contributed by atoms with E-state index in [1.54, 1.807) is 6.92 Å². The van der Waals surface area contributed by atoms with E-state index in [0.717, 1.165) is 11.1 Å². The lowest BCUT2D eigenvalue weighted by Gasteiger charge is -2.28. The summed E-state index contributed by atoms with van der Waals surface area (Å²) in [6.45, 7) is 8.50. The fourth-order valence-electron chi connectivity index (χ4n) is 1.60. The van der Waals surface area contributed by atoms with Gasteiger partial charge in [0.15, 0.2) is 0 Å². The van der Waals surface area contributed by atoms with Crippen LogP contribution < -0.4 is 5.32 Å². The van der Waals surface area contributed by atoms with Crippen molar-refractivity contribution in [3.8, 4) is 0 Å². The Hall–Kier alpha value is -1.35.